The van der Waals surface area contributed by atoms with Crippen molar-refractivity contribution in [2.45, 2.75) is 50.9 Å². The van der Waals surface area contributed by atoms with Crippen molar-refractivity contribution in [2.75, 3.05) is 25.4 Å². The number of carbonyl (C=O) groups is 3. The Balaban J connectivity index is 1.28. The van der Waals surface area contributed by atoms with Gasteiger partial charge in [0.25, 0.3) is 17.9 Å². The second-order valence-electron chi connectivity index (χ2n) is 11.6. The minimum Gasteiger partial charge on any atom is -0.489 e. The summed E-state index contributed by atoms with van der Waals surface area (Å²) in [5.74, 6) is -2.46. The number of carbonyl (C=O) groups excluding carboxylic acids is 2. The number of carboxylic acid groups (broad SMARTS) is 1. The Bertz CT molecular complexity index is 1820. The maximum Gasteiger partial charge on any atom is 0.418 e. The predicted octanol–water partition coefficient (Wildman–Crippen LogP) is -0.403. The number of oxime groups is 1. The van der Waals surface area contributed by atoms with Crippen molar-refractivity contribution in [3.05, 3.63) is 35.5 Å². The molecule has 254 valence electrons. The second kappa shape index (κ2) is 13.4. The van der Waals surface area contributed by atoms with Crippen molar-refractivity contribution < 1.29 is 51.0 Å². The number of rotatable bonds is 13. The molecule has 0 saturated carbocycles. The molecule has 2 fully saturated rings. The van der Waals surface area contributed by atoms with Gasteiger partial charge in [0.1, 0.15) is 29.6 Å². The summed E-state index contributed by atoms with van der Waals surface area (Å²) in [4.78, 5) is 47.1. The van der Waals surface area contributed by atoms with Crippen LogP contribution in [0.1, 0.15) is 32.4 Å². The molecule has 4 heterocycles. The van der Waals surface area contributed by atoms with Crippen LogP contribution in [-0.2, 0) is 47.5 Å². The Morgan fingerprint density at radius 3 is 2.66 bits per heavy atom. The summed E-state index contributed by atoms with van der Waals surface area (Å²) in [6, 6.07) is 4.06. The number of β-lactam (4-membered cyclic amide) rings is 1. The zero-order valence-corrected chi connectivity index (χ0v) is 27.3. The van der Waals surface area contributed by atoms with E-state index in [1.54, 1.807) is 12.1 Å². The number of aryl methyl sites for hydroxylation is 1. The van der Waals surface area contributed by atoms with Crippen LogP contribution < -0.4 is 25.8 Å². The summed E-state index contributed by atoms with van der Waals surface area (Å²) in [5.41, 5.74) is 4.69. The molecular weight excluding hydrogens is 660 g/mol. The number of nitrogens with two attached hydrogens (primary N) is 1. The normalized spacial score (nSPS) is 19.3. The summed E-state index contributed by atoms with van der Waals surface area (Å²) >= 11 is 0.970. The number of benzene rings is 1. The average molecular weight is 696 g/mol. The second-order valence-corrected chi connectivity index (χ2v) is 13.5. The van der Waals surface area contributed by atoms with E-state index in [9.17, 15) is 27.9 Å². The first-order valence-corrected chi connectivity index (χ1v) is 16.7. The van der Waals surface area contributed by atoms with Crippen molar-refractivity contribution in [3.8, 4) is 5.75 Å². The highest BCUT2D eigenvalue weighted by atomic mass is 32.3. The number of amides is 2. The van der Waals surface area contributed by atoms with Gasteiger partial charge in [0, 0.05) is 11.3 Å². The lowest BCUT2D eigenvalue weighted by atomic mass is 9.84. The van der Waals surface area contributed by atoms with Crippen LogP contribution in [0.25, 0.3) is 10.9 Å². The van der Waals surface area contributed by atoms with Crippen LogP contribution in [0, 0.1) is 5.92 Å². The lowest BCUT2D eigenvalue weighted by molar-refractivity contribution is -0.776. The Morgan fingerprint density at radius 1 is 1.32 bits per heavy atom. The van der Waals surface area contributed by atoms with E-state index in [-0.39, 0.29) is 10.8 Å². The van der Waals surface area contributed by atoms with Gasteiger partial charge in [-0.2, -0.15) is 18.2 Å². The number of nitrogens with one attached hydrogen (secondary N) is 2. The summed E-state index contributed by atoms with van der Waals surface area (Å²) in [6.07, 6.45) is 2.56. The van der Waals surface area contributed by atoms with Gasteiger partial charge in [-0.3, -0.25) is 14.1 Å². The van der Waals surface area contributed by atoms with Crippen LogP contribution in [0.3, 0.4) is 0 Å². The highest BCUT2D eigenvalue weighted by molar-refractivity contribution is 7.80. The number of nitrogens with zero attached hydrogens (tertiary/aromatic N) is 5. The fourth-order valence-electron chi connectivity index (χ4n) is 5.37. The number of anilines is 1. The molecule has 1 aromatic carbocycles. The fourth-order valence-corrected chi connectivity index (χ4v) is 6.37. The third kappa shape index (κ3) is 7.62. The van der Waals surface area contributed by atoms with Gasteiger partial charge < -0.3 is 31.0 Å². The number of nitrogen functional groups attached to an aromatic ring is 1. The molecule has 18 nitrogen and oxygen atoms in total. The molecule has 2 aromatic heterocycles. The van der Waals surface area contributed by atoms with Gasteiger partial charge in [-0.15, -0.1) is 20.3 Å². The van der Waals surface area contributed by atoms with Gasteiger partial charge in [0.2, 0.25) is 6.20 Å². The Labute approximate surface area is 272 Å². The van der Waals surface area contributed by atoms with Crippen LogP contribution >= 0.6 is 11.3 Å². The Kier molecular flexibility index (Phi) is 9.68. The predicted molar refractivity (Wildman–Crippen MR) is 165 cm³/mol. The molecule has 2 amide bonds. The quantitative estimate of drug-likeness (QED) is 0.0503. The summed E-state index contributed by atoms with van der Waals surface area (Å²) in [7, 11) is -3.03. The molecule has 0 spiro atoms. The molecule has 6 N–H and O–H groups in total. The number of carboxylic acids is 1. The van der Waals surface area contributed by atoms with Crippen LogP contribution in [-0.4, -0.2) is 93.7 Å². The number of hydrogen-bond donors (Lipinski definition) is 5. The van der Waals surface area contributed by atoms with Gasteiger partial charge in [0.15, 0.2) is 17.4 Å². The van der Waals surface area contributed by atoms with Crippen molar-refractivity contribution >= 4 is 61.3 Å². The van der Waals surface area contributed by atoms with Crippen molar-refractivity contribution in [2.24, 2.45) is 18.1 Å². The number of hydrogen-bond acceptors (Lipinski definition) is 13. The molecule has 0 aliphatic carbocycles. The maximum atomic E-state index is 13.3. The average Bonchev–Trinajstić information content (AvgIpc) is 3.57. The standard InChI is InChI=1S/C27H34N8O10S2/c1-27(2)22(24(37)35(27)45-47(40,41)42)31-23(36)21(18-14-46-26(28)30-18)32-44-20(25(38)39)13-43-17-4-5-19-16(10-17)12-34(33(19)3)11-15-6-8-29-9-7-15/h4-5,10,12,14-15,20,22,29H,6-9,11,13H2,1-3H3,(H4-,28,30,31,36,38,39,40,41,42)/p+1/b32-21-/t20?,22-/m1/s1. The van der Waals surface area contributed by atoms with E-state index in [0.29, 0.717) is 16.7 Å². The van der Waals surface area contributed by atoms with E-state index in [1.165, 1.54) is 19.2 Å². The van der Waals surface area contributed by atoms with Gasteiger partial charge in [-0.25, -0.2) is 9.78 Å². The molecule has 20 heteroatoms. The maximum absolute atomic E-state index is 13.3. The SMILES string of the molecule is Cn1c2ccc(OCC(O/N=C(\C(=O)N[C@@H]3C(=O)N(OS(=O)(=O)O)C3(C)C)c3csc(N)n3)C(=O)O)cc2c[n+]1CC1CCNCC1. The monoisotopic (exact) mass is 695 g/mol. The van der Waals surface area contributed by atoms with Gasteiger partial charge in [0.05, 0.1) is 18.0 Å². The smallest absolute Gasteiger partial charge is 0.418 e. The van der Waals surface area contributed by atoms with Crippen LogP contribution in [0.5, 0.6) is 5.75 Å². The number of hydroxylamine groups is 2. The number of aromatic nitrogens is 3. The molecule has 0 radical (unpaired) electrons. The highest BCUT2D eigenvalue weighted by Crippen LogP contribution is 2.33. The summed E-state index contributed by atoms with van der Waals surface area (Å²) in [5, 5.41) is 22.0. The van der Waals surface area contributed by atoms with E-state index >= 15 is 0 Å². The van der Waals surface area contributed by atoms with E-state index in [1.807, 2.05) is 19.3 Å². The molecule has 2 atom stereocenters. The van der Waals surface area contributed by atoms with Crippen LogP contribution in [0.2, 0.25) is 0 Å². The third-order valence-electron chi connectivity index (χ3n) is 7.97. The molecule has 47 heavy (non-hydrogen) atoms. The molecule has 2 saturated heterocycles. The highest BCUT2D eigenvalue weighted by Gasteiger charge is 2.58. The van der Waals surface area contributed by atoms with Gasteiger partial charge >= 0.3 is 16.4 Å². The molecule has 2 aliphatic heterocycles. The van der Waals surface area contributed by atoms with E-state index in [4.69, 9.17) is 19.9 Å². The molecule has 5 rings (SSSR count). The zero-order chi connectivity index (χ0) is 34.1. The van der Waals surface area contributed by atoms with E-state index in [0.717, 1.165) is 54.7 Å². The molecule has 1 unspecified atom stereocenters. The molecule has 2 aliphatic rings. The Morgan fingerprint density at radius 2 is 2.04 bits per heavy atom. The number of ether oxygens (including phenoxy) is 1. The van der Waals surface area contributed by atoms with Crippen molar-refractivity contribution in [1.29, 1.82) is 0 Å². The van der Waals surface area contributed by atoms with Crippen molar-refractivity contribution in [3.63, 3.8) is 0 Å². The largest absolute Gasteiger partial charge is 0.489 e. The zero-order valence-electron chi connectivity index (χ0n) is 25.7. The number of aliphatic carboxylic acids is 1. The van der Waals surface area contributed by atoms with Crippen LogP contribution in [0.15, 0.2) is 34.9 Å². The van der Waals surface area contributed by atoms with Crippen molar-refractivity contribution in [1.82, 2.24) is 25.4 Å². The number of fused-ring (bicyclic) bond motifs is 1. The first kappa shape index (κ1) is 34.0. The first-order valence-electron chi connectivity index (χ1n) is 14.5. The lowest BCUT2D eigenvalue weighted by Crippen LogP contribution is -2.76. The minimum absolute atomic E-state index is 0.0692. The molecule has 3 aromatic rings. The molecule has 0 bridgehead atoms. The number of thiazole rings is 1. The van der Waals surface area contributed by atoms with E-state index in [2.05, 4.69) is 34.4 Å². The van der Waals surface area contributed by atoms with E-state index < -0.39 is 58.2 Å². The van der Waals surface area contributed by atoms with Crippen LogP contribution in [0.4, 0.5) is 5.13 Å². The van der Waals surface area contributed by atoms with Gasteiger partial charge in [-0.05, 0) is 58.0 Å². The topological polar surface area (TPSA) is 241 Å². The third-order valence-corrected chi connectivity index (χ3v) is 8.99. The summed E-state index contributed by atoms with van der Waals surface area (Å²) in [6.45, 7) is 5.14. The lowest BCUT2D eigenvalue weighted by Gasteiger charge is -2.50. The Hall–Kier alpha value is -4.37. The summed E-state index contributed by atoms with van der Waals surface area (Å²) < 4.78 is 45.4. The minimum atomic E-state index is -5.01. The molecular formula is C27H35N8O10S2+. The fraction of sp³-hybridized carbons (Fsp3) is 0.481. The van der Waals surface area contributed by atoms with Gasteiger partial charge in [-0.1, -0.05) is 5.16 Å². The number of piperidine rings is 1. The first-order chi connectivity index (χ1) is 22.1.